The predicted molar refractivity (Wildman–Crippen MR) is 103 cm³/mol. The van der Waals surface area contributed by atoms with E-state index in [1.807, 2.05) is 62.4 Å². The van der Waals surface area contributed by atoms with Gasteiger partial charge in [0.2, 0.25) is 5.91 Å². The molecule has 2 aromatic rings. The van der Waals surface area contributed by atoms with Crippen LogP contribution in [0.15, 0.2) is 48.5 Å². The first-order valence-electron chi connectivity index (χ1n) is 8.78. The number of hydrogen-bond donors (Lipinski definition) is 2. The average Bonchev–Trinajstić information content (AvgIpc) is 2.66. The van der Waals surface area contributed by atoms with Crippen molar-refractivity contribution in [2.75, 3.05) is 43.6 Å². The van der Waals surface area contributed by atoms with E-state index in [0.29, 0.717) is 26.4 Å². The summed E-state index contributed by atoms with van der Waals surface area (Å²) in [7, 11) is 0. The Balaban J connectivity index is 1.73. The summed E-state index contributed by atoms with van der Waals surface area (Å²) in [6.45, 7) is 6.45. The van der Waals surface area contributed by atoms with Gasteiger partial charge in [-0.25, -0.2) is 0 Å². The Morgan fingerprint density at radius 3 is 2.04 bits per heavy atom. The molecule has 1 amide bonds. The molecule has 0 saturated carbocycles. The highest BCUT2D eigenvalue weighted by Gasteiger charge is 2.03. The van der Waals surface area contributed by atoms with Crippen LogP contribution in [0.4, 0.5) is 11.4 Å². The molecular weight excluding hydrogens is 332 g/mol. The number of carbonyl (C=O) groups is 1. The van der Waals surface area contributed by atoms with Gasteiger partial charge in [-0.15, -0.1) is 0 Å². The summed E-state index contributed by atoms with van der Waals surface area (Å²) in [6, 6.07) is 14.8. The van der Waals surface area contributed by atoms with Gasteiger partial charge in [0, 0.05) is 18.0 Å². The lowest BCUT2D eigenvalue weighted by molar-refractivity contribution is -0.114. The van der Waals surface area contributed by atoms with Gasteiger partial charge >= 0.3 is 0 Å². The van der Waals surface area contributed by atoms with Gasteiger partial charge in [-0.3, -0.25) is 4.79 Å². The number of ether oxygens (including phenoxy) is 3. The van der Waals surface area contributed by atoms with Crippen molar-refractivity contribution in [3.8, 4) is 11.5 Å². The van der Waals surface area contributed by atoms with Gasteiger partial charge in [0.15, 0.2) is 0 Å². The van der Waals surface area contributed by atoms with Crippen LogP contribution in [0.25, 0.3) is 0 Å². The number of nitrogens with one attached hydrogen (secondary N) is 2. The van der Waals surface area contributed by atoms with Crippen LogP contribution in [0, 0.1) is 0 Å². The minimum atomic E-state index is -0.121. The van der Waals surface area contributed by atoms with Crippen LogP contribution in [0.1, 0.15) is 13.8 Å². The number of hydrogen-bond acceptors (Lipinski definition) is 5. The number of benzene rings is 2. The second kappa shape index (κ2) is 11.0. The van der Waals surface area contributed by atoms with E-state index < -0.39 is 0 Å². The Bertz CT molecular complexity index is 657. The molecule has 2 rings (SSSR count). The maximum absolute atomic E-state index is 12.0. The Morgan fingerprint density at radius 1 is 0.808 bits per heavy atom. The normalized spacial score (nSPS) is 10.2. The lowest BCUT2D eigenvalue weighted by Crippen LogP contribution is -2.21. The van der Waals surface area contributed by atoms with Gasteiger partial charge in [0.25, 0.3) is 0 Å². The summed E-state index contributed by atoms with van der Waals surface area (Å²) in [5, 5.41) is 5.92. The number of amides is 1. The van der Waals surface area contributed by atoms with Gasteiger partial charge in [-0.2, -0.15) is 0 Å². The maximum atomic E-state index is 12.0. The third-order valence-corrected chi connectivity index (χ3v) is 3.46. The highest BCUT2D eigenvalue weighted by molar-refractivity contribution is 5.93. The zero-order valence-electron chi connectivity index (χ0n) is 15.3. The van der Waals surface area contributed by atoms with Crippen molar-refractivity contribution in [3.05, 3.63) is 48.5 Å². The minimum Gasteiger partial charge on any atom is -0.494 e. The molecule has 2 N–H and O–H groups in total. The van der Waals surface area contributed by atoms with E-state index in [1.165, 1.54) is 0 Å². The fraction of sp³-hybridized carbons (Fsp3) is 0.350. The SMILES string of the molecule is CCOCCOc1ccc(NC(=O)CNc2ccc(OCC)cc2)cc1. The average molecular weight is 358 g/mol. The molecule has 0 saturated heterocycles. The summed E-state index contributed by atoms with van der Waals surface area (Å²) < 4.78 is 16.1. The van der Waals surface area contributed by atoms with Gasteiger partial charge in [0.05, 0.1) is 19.8 Å². The van der Waals surface area contributed by atoms with E-state index in [2.05, 4.69) is 10.6 Å². The van der Waals surface area contributed by atoms with Crippen LogP contribution in [-0.2, 0) is 9.53 Å². The molecule has 0 aromatic heterocycles. The van der Waals surface area contributed by atoms with Crippen LogP contribution < -0.4 is 20.1 Å². The van der Waals surface area contributed by atoms with Crippen molar-refractivity contribution >= 4 is 17.3 Å². The first-order chi connectivity index (χ1) is 12.7. The topological polar surface area (TPSA) is 68.8 Å². The van der Waals surface area contributed by atoms with Gasteiger partial charge < -0.3 is 24.8 Å². The van der Waals surface area contributed by atoms with Crippen molar-refractivity contribution in [3.63, 3.8) is 0 Å². The Kier molecular flexibility index (Phi) is 8.29. The molecule has 0 unspecified atom stereocenters. The van der Waals surface area contributed by atoms with Gasteiger partial charge in [0.1, 0.15) is 18.1 Å². The molecule has 0 atom stereocenters. The van der Waals surface area contributed by atoms with Crippen molar-refractivity contribution in [2.45, 2.75) is 13.8 Å². The monoisotopic (exact) mass is 358 g/mol. The number of carbonyl (C=O) groups excluding carboxylic acids is 1. The van der Waals surface area contributed by atoms with E-state index >= 15 is 0 Å². The highest BCUT2D eigenvalue weighted by atomic mass is 16.5. The summed E-state index contributed by atoms with van der Waals surface area (Å²) in [4.78, 5) is 12.0. The van der Waals surface area contributed by atoms with Crippen molar-refractivity contribution in [1.29, 1.82) is 0 Å². The summed E-state index contributed by atoms with van der Waals surface area (Å²) in [6.07, 6.45) is 0. The summed E-state index contributed by atoms with van der Waals surface area (Å²) in [5.74, 6) is 1.44. The molecule has 6 heteroatoms. The summed E-state index contributed by atoms with van der Waals surface area (Å²) >= 11 is 0. The fourth-order valence-electron chi connectivity index (χ4n) is 2.22. The zero-order chi connectivity index (χ0) is 18.6. The minimum absolute atomic E-state index is 0.121. The second-order valence-corrected chi connectivity index (χ2v) is 5.43. The molecule has 0 fully saturated rings. The molecule has 0 radical (unpaired) electrons. The lowest BCUT2D eigenvalue weighted by Gasteiger charge is -2.10. The Morgan fingerprint density at radius 2 is 1.42 bits per heavy atom. The van der Waals surface area contributed by atoms with Gasteiger partial charge in [-0.05, 0) is 62.4 Å². The predicted octanol–water partition coefficient (Wildman–Crippen LogP) is 3.55. The van der Waals surface area contributed by atoms with E-state index in [-0.39, 0.29) is 12.5 Å². The van der Waals surface area contributed by atoms with Crippen LogP contribution >= 0.6 is 0 Å². The molecule has 6 nitrogen and oxygen atoms in total. The van der Waals surface area contributed by atoms with E-state index in [9.17, 15) is 4.79 Å². The van der Waals surface area contributed by atoms with Crippen LogP contribution in [0.3, 0.4) is 0 Å². The molecule has 0 bridgehead atoms. The molecule has 0 aliphatic carbocycles. The molecule has 0 aliphatic rings. The molecule has 2 aromatic carbocycles. The van der Waals surface area contributed by atoms with Crippen LogP contribution in [0.2, 0.25) is 0 Å². The largest absolute Gasteiger partial charge is 0.494 e. The molecule has 26 heavy (non-hydrogen) atoms. The maximum Gasteiger partial charge on any atom is 0.243 e. The number of anilines is 2. The smallest absolute Gasteiger partial charge is 0.243 e. The standard InChI is InChI=1S/C20H26N2O4/c1-3-24-13-14-26-19-11-7-17(8-12-19)22-20(23)15-21-16-5-9-18(10-6-16)25-4-2/h5-12,21H,3-4,13-15H2,1-2H3,(H,22,23). The second-order valence-electron chi connectivity index (χ2n) is 5.43. The van der Waals surface area contributed by atoms with Crippen molar-refractivity contribution in [2.24, 2.45) is 0 Å². The number of rotatable bonds is 11. The molecule has 0 aliphatic heterocycles. The van der Waals surface area contributed by atoms with Gasteiger partial charge in [-0.1, -0.05) is 0 Å². The third-order valence-electron chi connectivity index (χ3n) is 3.46. The van der Waals surface area contributed by atoms with Crippen LogP contribution in [-0.4, -0.2) is 38.9 Å². The van der Waals surface area contributed by atoms with Crippen molar-refractivity contribution in [1.82, 2.24) is 0 Å². The fourth-order valence-corrected chi connectivity index (χ4v) is 2.22. The Hall–Kier alpha value is -2.73. The molecule has 0 heterocycles. The van der Waals surface area contributed by atoms with E-state index in [4.69, 9.17) is 14.2 Å². The Labute approximate surface area is 154 Å². The van der Waals surface area contributed by atoms with Crippen LogP contribution in [0.5, 0.6) is 11.5 Å². The quantitative estimate of drug-likeness (QED) is 0.601. The van der Waals surface area contributed by atoms with Crippen molar-refractivity contribution < 1.29 is 19.0 Å². The molecular formula is C20H26N2O4. The first-order valence-corrected chi connectivity index (χ1v) is 8.78. The summed E-state index contributed by atoms with van der Waals surface area (Å²) in [5.41, 5.74) is 1.59. The highest BCUT2D eigenvalue weighted by Crippen LogP contribution is 2.17. The molecule has 140 valence electrons. The third kappa shape index (κ3) is 7.03. The lowest BCUT2D eigenvalue weighted by atomic mass is 10.3. The molecule has 0 spiro atoms. The van der Waals surface area contributed by atoms with E-state index in [1.54, 1.807) is 0 Å². The first kappa shape index (κ1) is 19.6. The zero-order valence-corrected chi connectivity index (χ0v) is 15.3. The van der Waals surface area contributed by atoms with E-state index in [0.717, 1.165) is 22.9 Å².